The van der Waals surface area contributed by atoms with Crippen molar-refractivity contribution in [2.75, 3.05) is 38.7 Å². The Morgan fingerprint density at radius 1 is 1.04 bits per heavy atom. The predicted molar refractivity (Wildman–Crippen MR) is 178 cm³/mol. The number of carbonyl (C=O) groups is 1. The van der Waals surface area contributed by atoms with Crippen molar-refractivity contribution < 1.29 is 19.0 Å². The maximum atomic E-state index is 15.5. The third-order valence-corrected chi connectivity index (χ3v) is 9.17. The number of anilines is 2. The van der Waals surface area contributed by atoms with E-state index in [2.05, 4.69) is 25.8 Å². The standard InChI is InChI=1S/C34H35Cl2FN6O3/c1-46-34-21(14-38-15-23-9-11-29(45)40-23)8-10-26(42-34)24-5-3-6-25(30(24)35)33-31(36)27(12-13-39-33)41-28-7-2-4-22(32(28)37)18-43-16-20(17-43)19-44/h2-8,10,12-13,20,23,38,44H,9,11,14-19H2,1H3,(H,39,41)(H,40,45). The second kappa shape index (κ2) is 14.3. The summed E-state index contributed by atoms with van der Waals surface area (Å²) in [5.41, 5.74) is 4.57. The lowest BCUT2D eigenvalue weighted by Gasteiger charge is -2.38. The average Bonchev–Trinajstić information content (AvgIpc) is 3.46. The number of aliphatic hydroxyl groups excluding tert-OH is 1. The third-order valence-electron chi connectivity index (χ3n) is 8.38. The molecule has 0 spiro atoms. The number of carbonyl (C=O) groups excluding carboxylic acids is 1. The topological polar surface area (TPSA) is 112 Å². The van der Waals surface area contributed by atoms with Crippen LogP contribution in [0.5, 0.6) is 5.88 Å². The van der Waals surface area contributed by atoms with Gasteiger partial charge in [-0.25, -0.2) is 9.37 Å². The largest absolute Gasteiger partial charge is 0.481 e. The van der Waals surface area contributed by atoms with Crippen molar-refractivity contribution in [3.05, 3.63) is 87.8 Å². The lowest BCUT2D eigenvalue weighted by molar-refractivity contribution is -0.119. The lowest BCUT2D eigenvalue weighted by Crippen LogP contribution is -2.47. The number of halogens is 3. The van der Waals surface area contributed by atoms with Gasteiger partial charge in [-0.3, -0.25) is 14.7 Å². The summed E-state index contributed by atoms with van der Waals surface area (Å²) in [6.45, 7) is 3.30. The molecule has 2 aliphatic rings. The van der Waals surface area contributed by atoms with Crippen LogP contribution in [0.3, 0.4) is 0 Å². The first kappa shape index (κ1) is 32.2. The van der Waals surface area contributed by atoms with Crippen molar-refractivity contribution in [2.24, 2.45) is 5.92 Å². The number of pyridine rings is 2. The number of likely N-dealkylation sites (tertiary alicyclic amines) is 1. The zero-order chi connectivity index (χ0) is 32.2. The number of rotatable bonds is 12. The smallest absolute Gasteiger partial charge is 0.220 e. The van der Waals surface area contributed by atoms with E-state index in [0.717, 1.165) is 25.1 Å². The van der Waals surface area contributed by atoms with E-state index in [1.165, 1.54) is 0 Å². The van der Waals surface area contributed by atoms with Crippen molar-refractivity contribution in [2.45, 2.75) is 32.0 Å². The number of methoxy groups -OCH3 is 1. The highest BCUT2D eigenvalue weighted by Gasteiger charge is 2.27. The first-order valence-electron chi connectivity index (χ1n) is 15.2. The maximum Gasteiger partial charge on any atom is 0.220 e. The Bertz CT molecular complexity index is 1740. The molecule has 46 heavy (non-hydrogen) atoms. The number of hydrogen-bond acceptors (Lipinski definition) is 8. The van der Waals surface area contributed by atoms with Gasteiger partial charge in [0.15, 0.2) is 5.82 Å². The van der Waals surface area contributed by atoms with E-state index < -0.39 is 0 Å². The van der Waals surface area contributed by atoms with E-state index >= 15 is 4.39 Å². The van der Waals surface area contributed by atoms with Crippen LogP contribution in [0.2, 0.25) is 10.0 Å². The summed E-state index contributed by atoms with van der Waals surface area (Å²) >= 11 is 13.8. The molecule has 2 fully saturated rings. The van der Waals surface area contributed by atoms with Crippen LogP contribution in [0, 0.1) is 11.7 Å². The maximum absolute atomic E-state index is 15.5. The molecule has 9 nitrogen and oxygen atoms in total. The van der Waals surface area contributed by atoms with Crippen LogP contribution in [0.15, 0.2) is 60.8 Å². The van der Waals surface area contributed by atoms with E-state index in [-0.39, 0.29) is 30.3 Å². The molecule has 1 unspecified atom stereocenters. The highest BCUT2D eigenvalue weighted by Crippen LogP contribution is 2.41. The Balaban J connectivity index is 1.20. The molecular formula is C34H35Cl2FN6O3. The number of ether oxygens (including phenoxy) is 1. The van der Waals surface area contributed by atoms with E-state index in [1.54, 1.807) is 37.6 Å². The monoisotopic (exact) mass is 664 g/mol. The van der Waals surface area contributed by atoms with E-state index in [0.29, 0.717) is 81.4 Å². The normalized spacial score (nSPS) is 16.7. The minimum absolute atomic E-state index is 0.0873. The number of aliphatic hydroxyl groups is 1. The minimum Gasteiger partial charge on any atom is -0.481 e. The van der Waals surface area contributed by atoms with Gasteiger partial charge in [0.25, 0.3) is 0 Å². The van der Waals surface area contributed by atoms with Crippen molar-refractivity contribution in [1.82, 2.24) is 25.5 Å². The van der Waals surface area contributed by atoms with E-state index in [1.807, 2.05) is 30.3 Å². The zero-order valence-corrected chi connectivity index (χ0v) is 26.8. The molecule has 6 rings (SSSR count). The second-order valence-electron chi connectivity index (χ2n) is 11.6. The van der Waals surface area contributed by atoms with Crippen molar-refractivity contribution in [1.29, 1.82) is 0 Å². The molecule has 0 saturated carbocycles. The summed E-state index contributed by atoms with van der Waals surface area (Å²) in [5.74, 6) is 0.454. The predicted octanol–water partition coefficient (Wildman–Crippen LogP) is 5.80. The number of hydrogen-bond donors (Lipinski definition) is 4. The number of aromatic nitrogens is 2. The molecule has 4 aromatic rings. The fraction of sp³-hybridized carbons (Fsp3) is 0.324. The van der Waals surface area contributed by atoms with Gasteiger partial charge in [0.05, 0.1) is 39.9 Å². The number of nitrogens with one attached hydrogen (secondary N) is 3. The Morgan fingerprint density at radius 3 is 2.61 bits per heavy atom. The van der Waals surface area contributed by atoms with Crippen molar-refractivity contribution in [3.63, 3.8) is 0 Å². The fourth-order valence-corrected chi connectivity index (χ4v) is 6.46. The molecular weight excluding hydrogens is 630 g/mol. The molecule has 4 heterocycles. The summed E-state index contributed by atoms with van der Waals surface area (Å²) in [6, 6.07) is 16.4. The molecule has 240 valence electrons. The van der Waals surface area contributed by atoms with E-state index in [9.17, 15) is 9.90 Å². The molecule has 12 heteroatoms. The Labute approximate surface area is 277 Å². The van der Waals surface area contributed by atoms with Crippen LogP contribution < -0.4 is 20.7 Å². The SMILES string of the molecule is COc1nc(-c2cccc(-c3nccc(Nc4cccc(CN5CC(CO)C5)c4F)c3Cl)c2Cl)ccc1CNCC1CCC(=O)N1. The molecule has 0 radical (unpaired) electrons. The number of nitrogens with zero attached hydrogens (tertiary/aromatic N) is 3. The van der Waals surface area contributed by atoms with Gasteiger partial charge in [-0.1, -0.05) is 59.6 Å². The first-order chi connectivity index (χ1) is 22.3. The van der Waals surface area contributed by atoms with Crippen LogP contribution in [0.25, 0.3) is 22.5 Å². The molecule has 0 bridgehead atoms. The summed E-state index contributed by atoms with van der Waals surface area (Å²) in [5, 5.41) is 19.5. The van der Waals surface area contributed by atoms with Gasteiger partial charge < -0.3 is 25.8 Å². The van der Waals surface area contributed by atoms with Gasteiger partial charge in [0.1, 0.15) is 0 Å². The van der Waals surface area contributed by atoms with Gasteiger partial charge in [-0.15, -0.1) is 0 Å². The molecule has 2 aromatic heterocycles. The van der Waals surface area contributed by atoms with Gasteiger partial charge >= 0.3 is 0 Å². The van der Waals surface area contributed by atoms with Gasteiger partial charge in [-0.05, 0) is 24.6 Å². The summed E-state index contributed by atoms with van der Waals surface area (Å²) < 4.78 is 21.1. The summed E-state index contributed by atoms with van der Waals surface area (Å²) in [6.07, 6.45) is 2.98. The first-order valence-corrected chi connectivity index (χ1v) is 16.0. The lowest BCUT2D eigenvalue weighted by atomic mass is 10.00. The van der Waals surface area contributed by atoms with Crippen molar-refractivity contribution >= 4 is 40.5 Å². The van der Waals surface area contributed by atoms with Crippen LogP contribution in [0.4, 0.5) is 15.8 Å². The van der Waals surface area contributed by atoms with E-state index in [4.69, 9.17) is 32.9 Å². The third kappa shape index (κ3) is 6.96. The molecule has 2 saturated heterocycles. The fourth-order valence-electron chi connectivity index (χ4n) is 5.89. The van der Waals surface area contributed by atoms with Crippen LogP contribution in [-0.4, -0.2) is 65.3 Å². The highest BCUT2D eigenvalue weighted by molar-refractivity contribution is 6.39. The second-order valence-corrected chi connectivity index (χ2v) is 12.4. The van der Waals surface area contributed by atoms with Crippen molar-refractivity contribution in [3.8, 4) is 28.4 Å². The number of benzene rings is 2. The van der Waals surface area contributed by atoms with Crippen LogP contribution >= 0.6 is 23.2 Å². The van der Waals surface area contributed by atoms with Gasteiger partial charge in [-0.2, -0.15) is 0 Å². The summed E-state index contributed by atoms with van der Waals surface area (Å²) in [7, 11) is 1.57. The van der Waals surface area contributed by atoms with Gasteiger partial charge in [0, 0.05) is 86.2 Å². The summed E-state index contributed by atoms with van der Waals surface area (Å²) in [4.78, 5) is 22.8. The van der Waals surface area contributed by atoms with Crippen LogP contribution in [0.1, 0.15) is 24.0 Å². The quantitative estimate of drug-likeness (QED) is 0.150. The van der Waals surface area contributed by atoms with Crippen LogP contribution in [-0.2, 0) is 17.9 Å². The highest BCUT2D eigenvalue weighted by atomic mass is 35.5. The average molecular weight is 666 g/mol. The minimum atomic E-state index is -0.353. The molecule has 2 aromatic carbocycles. The molecule has 2 aliphatic heterocycles. The number of amides is 1. The Hall–Kier alpha value is -3.80. The molecule has 1 atom stereocenters. The molecule has 4 N–H and O–H groups in total. The molecule has 0 aliphatic carbocycles. The van der Waals surface area contributed by atoms with Gasteiger partial charge in [0.2, 0.25) is 11.8 Å². The Morgan fingerprint density at radius 2 is 1.85 bits per heavy atom. The zero-order valence-electron chi connectivity index (χ0n) is 25.3. The molecule has 1 amide bonds. The Kier molecular flexibility index (Phi) is 10.0.